The zero-order valence-electron chi connectivity index (χ0n) is 17.7. The van der Waals surface area contributed by atoms with Gasteiger partial charge in [0.15, 0.2) is 5.96 Å². The molecular formula is C22H29F2IN4O2. The lowest BCUT2D eigenvalue weighted by Crippen LogP contribution is -2.44. The van der Waals surface area contributed by atoms with E-state index in [1.165, 1.54) is 0 Å². The van der Waals surface area contributed by atoms with Crippen LogP contribution in [0.15, 0.2) is 53.5 Å². The number of hydrogen-bond acceptors (Lipinski definition) is 4. The Balaban J connectivity index is 0.00000341. The second-order valence-electron chi connectivity index (χ2n) is 6.89. The van der Waals surface area contributed by atoms with Crippen LogP contribution < -0.4 is 25.0 Å². The summed E-state index contributed by atoms with van der Waals surface area (Å²) in [6.07, 6.45) is 0.860. The summed E-state index contributed by atoms with van der Waals surface area (Å²) in [6, 6.07) is 14.9. The molecule has 0 amide bonds. The largest absolute Gasteiger partial charge is 0.494 e. The summed E-state index contributed by atoms with van der Waals surface area (Å²) in [5, 5.41) is 6.73. The first-order valence-corrected chi connectivity index (χ1v) is 10.1. The smallest absolute Gasteiger partial charge is 0.387 e. The van der Waals surface area contributed by atoms with Gasteiger partial charge in [-0.25, -0.2) is 0 Å². The van der Waals surface area contributed by atoms with E-state index in [9.17, 15) is 8.78 Å². The molecule has 0 saturated carbocycles. The van der Waals surface area contributed by atoms with Crippen molar-refractivity contribution in [3.63, 3.8) is 0 Å². The van der Waals surface area contributed by atoms with Gasteiger partial charge in [-0.2, -0.15) is 8.78 Å². The molecule has 2 aromatic carbocycles. The molecule has 1 saturated heterocycles. The fraction of sp³-hybridized carbons (Fsp3) is 0.409. The molecule has 3 rings (SSSR count). The standard InChI is InChI=1S/C22H28F2N4O2.HI/c1-3-29-19-10-6-4-8-16(19)14-26-22(25-2)27-17-12-13-28(15-17)18-9-5-7-11-20(18)30-21(23)24;/h4-11,17,21H,3,12-15H2,1-2H3,(H2,25,26,27);1H. The Labute approximate surface area is 199 Å². The second-order valence-corrected chi connectivity index (χ2v) is 6.89. The number of ether oxygens (including phenoxy) is 2. The Morgan fingerprint density at radius 1 is 1.16 bits per heavy atom. The molecule has 1 atom stereocenters. The molecule has 1 unspecified atom stereocenters. The minimum Gasteiger partial charge on any atom is -0.494 e. The van der Waals surface area contributed by atoms with Gasteiger partial charge in [-0.15, -0.1) is 24.0 Å². The Morgan fingerprint density at radius 2 is 1.87 bits per heavy atom. The van der Waals surface area contributed by atoms with Crippen molar-refractivity contribution >= 4 is 35.6 Å². The monoisotopic (exact) mass is 546 g/mol. The van der Waals surface area contributed by atoms with Crippen molar-refractivity contribution in [3.05, 3.63) is 54.1 Å². The zero-order chi connectivity index (χ0) is 21.3. The molecule has 0 aliphatic carbocycles. The van der Waals surface area contributed by atoms with E-state index in [2.05, 4.69) is 20.4 Å². The van der Waals surface area contributed by atoms with Crippen molar-refractivity contribution in [2.45, 2.75) is 32.5 Å². The number of rotatable bonds is 8. The summed E-state index contributed by atoms with van der Waals surface area (Å²) in [4.78, 5) is 6.36. The van der Waals surface area contributed by atoms with E-state index in [0.717, 1.165) is 24.3 Å². The van der Waals surface area contributed by atoms with Crippen LogP contribution in [0.5, 0.6) is 11.5 Å². The van der Waals surface area contributed by atoms with Gasteiger partial charge in [0.1, 0.15) is 11.5 Å². The van der Waals surface area contributed by atoms with Gasteiger partial charge in [-0.3, -0.25) is 4.99 Å². The van der Waals surface area contributed by atoms with Gasteiger partial charge in [-0.1, -0.05) is 30.3 Å². The van der Waals surface area contributed by atoms with E-state index in [1.54, 1.807) is 25.2 Å². The molecule has 1 aliphatic rings. The first-order valence-electron chi connectivity index (χ1n) is 10.1. The summed E-state index contributed by atoms with van der Waals surface area (Å²) < 4.78 is 35.7. The van der Waals surface area contributed by atoms with Crippen molar-refractivity contribution in [3.8, 4) is 11.5 Å². The third kappa shape index (κ3) is 7.12. The van der Waals surface area contributed by atoms with Crippen LogP contribution in [0.2, 0.25) is 0 Å². The van der Waals surface area contributed by atoms with Crippen molar-refractivity contribution in [1.82, 2.24) is 10.6 Å². The lowest BCUT2D eigenvalue weighted by atomic mass is 10.2. The Bertz CT molecular complexity index is 854. The van der Waals surface area contributed by atoms with Gasteiger partial charge >= 0.3 is 6.61 Å². The number of nitrogens with zero attached hydrogens (tertiary/aromatic N) is 2. The number of para-hydroxylation sites is 3. The molecule has 1 heterocycles. The molecule has 6 nitrogen and oxygen atoms in total. The molecule has 170 valence electrons. The Hall–Kier alpha value is -2.30. The van der Waals surface area contributed by atoms with E-state index in [0.29, 0.717) is 31.3 Å². The van der Waals surface area contributed by atoms with Gasteiger partial charge in [0.05, 0.1) is 12.3 Å². The Kier molecular flexibility index (Phi) is 10.1. The van der Waals surface area contributed by atoms with Crippen LogP contribution in [0.25, 0.3) is 0 Å². The van der Waals surface area contributed by atoms with Crippen LogP contribution in [0.1, 0.15) is 18.9 Å². The van der Waals surface area contributed by atoms with Crippen LogP contribution in [-0.4, -0.2) is 45.4 Å². The van der Waals surface area contributed by atoms with Gasteiger partial charge in [0.25, 0.3) is 0 Å². The molecule has 9 heteroatoms. The van der Waals surface area contributed by atoms with Gasteiger partial charge < -0.3 is 25.0 Å². The number of aliphatic imine (C=N–C) groups is 1. The van der Waals surface area contributed by atoms with Gasteiger partial charge in [0, 0.05) is 38.3 Å². The van der Waals surface area contributed by atoms with E-state index in [4.69, 9.17) is 4.74 Å². The van der Waals surface area contributed by atoms with E-state index in [1.807, 2.05) is 42.2 Å². The predicted molar refractivity (Wildman–Crippen MR) is 130 cm³/mol. The Morgan fingerprint density at radius 3 is 2.58 bits per heavy atom. The number of benzene rings is 2. The summed E-state index contributed by atoms with van der Waals surface area (Å²) in [7, 11) is 1.72. The van der Waals surface area contributed by atoms with E-state index >= 15 is 0 Å². The number of anilines is 1. The van der Waals surface area contributed by atoms with Crippen molar-refractivity contribution in [2.24, 2.45) is 4.99 Å². The number of alkyl halides is 2. The predicted octanol–water partition coefficient (Wildman–Crippen LogP) is 4.25. The summed E-state index contributed by atoms with van der Waals surface area (Å²) in [6.45, 7) is 1.72. The number of hydrogen-bond donors (Lipinski definition) is 2. The number of nitrogens with one attached hydrogen (secondary N) is 2. The molecule has 0 radical (unpaired) electrons. The SMILES string of the molecule is CCOc1ccccc1CNC(=NC)NC1CCN(c2ccccc2OC(F)F)C1.I. The molecule has 0 aromatic heterocycles. The van der Waals surface area contributed by atoms with Crippen LogP contribution in [0, 0.1) is 0 Å². The number of halogens is 3. The third-order valence-corrected chi connectivity index (χ3v) is 4.89. The summed E-state index contributed by atoms with van der Waals surface area (Å²) in [5.74, 6) is 1.74. The summed E-state index contributed by atoms with van der Waals surface area (Å²) in [5.41, 5.74) is 1.73. The minimum atomic E-state index is -2.84. The van der Waals surface area contributed by atoms with Crippen LogP contribution >= 0.6 is 24.0 Å². The quantitative estimate of drug-likeness (QED) is 0.295. The summed E-state index contributed by atoms with van der Waals surface area (Å²) >= 11 is 0. The zero-order valence-corrected chi connectivity index (χ0v) is 20.0. The molecule has 31 heavy (non-hydrogen) atoms. The van der Waals surface area contributed by atoms with Crippen molar-refractivity contribution in [2.75, 3.05) is 31.6 Å². The average Bonchev–Trinajstić information content (AvgIpc) is 3.20. The first-order chi connectivity index (χ1) is 14.6. The molecule has 1 fully saturated rings. The van der Waals surface area contributed by atoms with Crippen LogP contribution in [0.4, 0.5) is 14.5 Å². The fourth-order valence-corrected chi connectivity index (χ4v) is 3.52. The highest BCUT2D eigenvalue weighted by Gasteiger charge is 2.26. The highest BCUT2D eigenvalue weighted by atomic mass is 127. The van der Waals surface area contributed by atoms with Gasteiger partial charge in [-0.05, 0) is 31.5 Å². The van der Waals surface area contributed by atoms with E-state index in [-0.39, 0.29) is 35.8 Å². The topological polar surface area (TPSA) is 58.1 Å². The first kappa shape index (κ1) is 25.0. The molecule has 1 aliphatic heterocycles. The molecule has 0 spiro atoms. The molecule has 2 aromatic rings. The maximum absolute atomic E-state index is 12.7. The van der Waals surface area contributed by atoms with Crippen molar-refractivity contribution in [1.29, 1.82) is 0 Å². The van der Waals surface area contributed by atoms with Gasteiger partial charge in [0.2, 0.25) is 0 Å². The molecule has 0 bridgehead atoms. The van der Waals surface area contributed by atoms with Crippen molar-refractivity contribution < 1.29 is 18.3 Å². The third-order valence-electron chi connectivity index (χ3n) is 4.89. The lowest BCUT2D eigenvalue weighted by Gasteiger charge is -2.22. The molecule has 2 N–H and O–H groups in total. The second kappa shape index (κ2) is 12.5. The highest BCUT2D eigenvalue weighted by Crippen LogP contribution is 2.31. The maximum atomic E-state index is 12.7. The van der Waals surface area contributed by atoms with Crippen LogP contribution in [-0.2, 0) is 6.54 Å². The van der Waals surface area contributed by atoms with Crippen LogP contribution in [0.3, 0.4) is 0 Å². The highest BCUT2D eigenvalue weighted by molar-refractivity contribution is 14.0. The average molecular weight is 546 g/mol. The number of guanidine groups is 1. The molecular weight excluding hydrogens is 517 g/mol. The lowest BCUT2D eigenvalue weighted by molar-refractivity contribution is -0.0495. The fourth-order valence-electron chi connectivity index (χ4n) is 3.52. The minimum absolute atomic E-state index is 0. The maximum Gasteiger partial charge on any atom is 0.387 e. The normalized spacial score (nSPS) is 16.1. The van der Waals surface area contributed by atoms with E-state index < -0.39 is 6.61 Å².